The van der Waals surface area contributed by atoms with Crippen LogP contribution in [0.3, 0.4) is 0 Å². The first-order chi connectivity index (χ1) is 17.8. The minimum absolute atomic E-state index is 0.154. The summed E-state index contributed by atoms with van der Waals surface area (Å²) >= 11 is 0. The van der Waals surface area contributed by atoms with Crippen molar-refractivity contribution in [2.24, 2.45) is 0 Å². The second-order valence-corrected chi connectivity index (χ2v) is 11.2. The highest BCUT2D eigenvalue weighted by molar-refractivity contribution is 5.81. The predicted molar refractivity (Wildman–Crippen MR) is 161 cm³/mol. The summed E-state index contributed by atoms with van der Waals surface area (Å²) in [4.78, 5) is 11.8. The van der Waals surface area contributed by atoms with Crippen LogP contribution in [0.25, 0.3) is 0 Å². The van der Waals surface area contributed by atoms with Gasteiger partial charge in [-0.3, -0.25) is 0 Å². The van der Waals surface area contributed by atoms with Gasteiger partial charge in [-0.25, -0.2) is 4.79 Å². The number of ether oxygens (including phenoxy) is 1. The van der Waals surface area contributed by atoms with Gasteiger partial charge < -0.3 is 4.74 Å². The van der Waals surface area contributed by atoms with E-state index in [-0.39, 0.29) is 5.97 Å². The molecule has 0 fully saturated rings. The lowest BCUT2D eigenvalue weighted by Crippen LogP contribution is -2.02. The van der Waals surface area contributed by atoms with Crippen molar-refractivity contribution in [3.63, 3.8) is 0 Å². The third-order valence-corrected chi connectivity index (χ3v) is 7.47. The smallest absolute Gasteiger partial charge is 0.330 e. The summed E-state index contributed by atoms with van der Waals surface area (Å²) < 4.78 is 5.34. The lowest BCUT2D eigenvalue weighted by Gasteiger charge is -2.04. The molecule has 0 amide bonds. The van der Waals surface area contributed by atoms with Crippen LogP contribution in [0.1, 0.15) is 194 Å². The topological polar surface area (TPSA) is 26.3 Å². The van der Waals surface area contributed by atoms with E-state index in [9.17, 15) is 4.79 Å². The number of carbonyl (C=O) groups is 1. The maximum atomic E-state index is 11.8. The highest BCUT2D eigenvalue weighted by atomic mass is 16.5. The number of carbonyl (C=O) groups excluding carboxylic acids is 1. The molecule has 2 heteroatoms. The normalized spacial score (nSPS) is 11.5. The van der Waals surface area contributed by atoms with Crippen LogP contribution in [0.2, 0.25) is 0 Å². The number of hydrogen-bond acceptors (Lipinski definition) is 2. The van der Waals surface area contributed by atoms with Crippen LogP contribution in [-0.2, 0) is 9.53 Å². The third-order valence-electron chi connectivity index (χ3n) is 7.47. The summed E-state index contributed by atoms with van der Waals surface area (Å²) in [6.07, 6.45) is 41.5. The molecule has 0 aliphatic rings. The lowest BCUT2D eigenvalue weighted by molar-refractivity contribution is -0.137. The molecule has 0 aromatic carbocycles. The molecule has 214 valence electrons. The number of unbranched alkanes of at least 4 members (excludes halogenated alkanes) is 26. The van der Waals surface area contributed by atoms with Crippen molar-refractivity contribution in [1.29, 1.82) is 0 Å². The van der Waals surface area contributed by atoms with Crippen molar-refractivity contribution in [1.82, 2.24) is 0 Å². The molecule has 0 saturated heterocycles. The van der Waals surface area contributed by atoms with Gasteiger partial charge in [0.2, 0.25) is 0 Å². The molecule has 0 atom stereocenters. The average Bonchev–Trinajstić information content (AvgIpc) is 2.88. The van der Waals surface area contributed by atoms with E-state index in [1.165, 1.54) is 167 Å². The van der Waals surface area contributed by atoms with E-state index in [1.54, 1.807) is 6.08 Å². The van der Waals surface area contributed by atoms with Crippen LogP contribution in [0.5, 0.6) is 0 Å². The Bertz CT molecular complexity index is 442. The Morgan fingerprint density at radius 3 is 1.11 bits per heavy atom. The zero-order valence-corrected chi connectivity index (χ0v) is 25.0. The first-order valence-electron chi connectivity index (χ1n) is 16.6. The molecule has 0 N–H and O–H groups in total. The SMILES string of the molecule is CCCCCCCCCCCCCC=CC(=O)OCCCCCCCCCCCCCCCCCC. The van der Waals surface area contributed by atoms with E-state index in [2.05, 4.69) is 13.8 Å². The van der Waals surface area contributed by atoms with E-state index in [0.29, 0.717) is 6.61 Å². The lowest BCUT2D eigenvalue weighted by atomic mass is 10.0. The van der Waals surface area contributed by atoms with Gasteiger partial charge in [0, 0.05) is 6.08 Å². The fourth-order valence-electron chi connectivity index (χ4n) is 4.98. The third kappa shape index (κ3) is 31.2. The number of allylic oxidation sites excluding steroid dienone is 1. The van der Waals surface area contributed by atoms with Crippen molar-refractivity contribution in [3.05, 3.63) is 12.2 Å². The van der Waals surface area contributed by atoms with E-state index in [4.69, 9.17) is 4.74 Å². The van der Waals surface area contributed by atoms with E-state index in [0.717, 1.165) is 12.8 Å². The highest BCUT2D eigenvalue weighted by Gasteiger charge is 1.98. The molecule has 0 rings (SSSR count). The van der Waals surface area contributed by atoms with Crippen LogP contribution in [0, 0.1) is 0 Å². The van der Waals surface area contributed by atoms with Gasteiger partial charge in [-0.2, -0.15) is 0 Å². The molecule has 0 heterocycles. The molecule has 0 spiro atoms. The summed E-state index contributed by atoms with van der Waals surface area (Å²) in [6.45, 7) is 5.15. The van der Waals surface area contributed by atoms with Gasteiger partial charge >= 0.3 is 5.97 Å². The first kappa shape index (κ1) is 35.2. The number of esters is 1. The summed E-state index contributed by atoms with van der Waals surface area (Å²) in [6, 6.07) is 0. The minimum atomic E-state index is -0.154. The standard InChI is InChI=1S/C34H66O2/c1-3-5-7-9-11-13-15-17-18-19-21-23-25-27-29-31-33-36-34(35)32-30-28-26-24-22-20-16-14-12-10-8-6-4-2/h30,32H,3-29,31,33H2,1-2H3. The maximum Gasteiger partial charge on any atom is 0.330 e. The van der Waals surface area contributed by atoms with Crippen LogP contribution in [0.15, 0.2) is 12.2 Å². The zero-order chi connectivity index (χ0) is 26.2. The Morgan fingerprint density at radius 1 is 0.444 bits per heavy atom. The molecule has 36 heavy (non-hydrogen) atoms. The summed E-state index contributed by atoms with van der Waals surface area (Å²) in [5.41, 5.74) is 0. The van der Waals surface area contributed by atoms with Gasteiger partial charge in [0.25, 0.3) is 0 Å². The Hall–Kier alpha value is -0.790. The average molecular weight is 507 g/mol. The largest absolute Gasteiger partial charge is 0.463 e. The van der Waals surface area contributed by atoms with Crippen LogP contribution >= 0.6 is 0 Å². The number of hydrogen-bond donors (Lipinski definition) is 0. The van der Waals surface area contributed by atoms with Gasteiger partial charge in [-0.15, -0.1) is 0 Å². The molecule has 0 bridgehead atoms. The molecule has 0 radical (unpaired) electrons. The van der Waals surface area contributed by atoms with Crippen molar-refractivity contribution in [2.75, 3.05) is 6.61 Å². The van der Waals surface area contributed by atoms with Gasteiger partial charge in [0.1, 0.15) is 0 Å². The van der Waals surface area contributed by atoms with Gasteiger partial charge in [-0.05, 0) is 19.3 Å². The molecule has 0 aliphatic heterocycles. The second kappa shape index (κ2) is 32.2. The highest BCUT2D eigenvalue weighted by Crippen LogP contribution is 2.14. The van der Waals surface area contributed by atoms with E-state index < -0.39 is 0 Å². The Morgan fingerprint density at radius 2 is 0.750 bits per heavy atom. The van der Waals surface area contributed by atoms with Crippen LogP contribution < -0.4 is 0 Å². The fourth-order valence-corrected chi connectivity index (χ4v) is 4.98. The Balaban J connectivity index is 3.21. The number of rotatable bonds is 30. The van der Waals surface area contributed by atoms with Crippen molar-refractivity contribution in [2.45, 2.75) is 194 Å². The molecule has 0 saturated carbocycles. The Labute approximate surface area is 227 Å². The van der Waals surface area contributed by atoms with Crippen molar-refractivity contribution < 1.29 is 9.53 Å². The van der Waals surface area contributed by atoms with Crippen molar-refractivity contribution >= 4 is 5.97 Å². The first-order valence-corrected chi connectivity index (χ1v) is 16.6. The summed E-state index contributed by atoms with van der Waals surface area (Å²) in [5, 5.41) is 0. The summed E-state index contributed by atoms with van der Waals surface area (Å²) in [5.74, 6) is -0.154. The molecule has 0 aromatic heterocycles. The van der Waals surface area contributed by atoms with Crippen molar-refractivity contribution in [3.8, 4) is 0 Å². The Kier molecular flexibility index (Phi) is 31.5. The molecular weight excluding hydrogens is 440 g/mol. The van der Waals surface area contributed by atoms with E-state index >= 15 is 0 Å². The molecule has 0 aliphatic carbocycles. The monoisotopic (exact) mass is 507 g/mol. The predicted octanol–water partition coefficient (Wildman–Crippen LogP) is 12.0. The molecule has 0 unspecified atom stereocenters. The van der Waals surface area contributed by atoms with Gasteiger partial charge in [0.05, 0.1) is 6.61 Å². The molecular formula is C34H66O2. The second-order valence-electron chi connectivity index (χ2n) is 11.2. The fraction of sp³-hybridized carbons (Fsp3) is 0.912. The van der Waals surface area contributed by atoms with E-state index in [1.807, 2.05) is 6.08 Å². The summed E-state index contributed by atoms with van der Waals surface area (Å²) in [7, 11) is 0. The van der Waals surface area contributed by atoms with Gasteiger partial charge in [-0.1, -0.05) is 180 Å². The molecule has 0 aromatic rings. The quantitative estimate of drug-likeness (QED) is 0.0550. The van der Waals surface area contributed by atoms with Crippen LogP contribution in [0.4, 0.5) is 0 Å². The maximum absolute atomic E-state index is 11.8. The van der Waals surface area contributed by atoms with Crippen LogP contribution in [-0.4, -0.2) is 12.6 Å². The molecule has 2 nitrogen and oxygen atoms in total. The zero-order valence-electron chi connectivity index (χ0n) is 25.0. The minimum Gasteiger partial charge on any atom is -0.463 e. The van der Waals surface area contributed by atoms with Gasteiger partial charge in [0.15, 0.2) is 0 Å².